The van der Waals surface area contributed by atoms with E-state index in [1.54, 1.807) is 0 Å². The van der Waals surface area contributed by atoms with Crippen LogP contribution in [0.15, 0.2) is 23.8 Å². The summed E-state index contributed by atoms with van der Waals surface area (Å²) in [6.07, 6.45) is 10.3. The van der Waals surface area contributed by atoms with Crippen molar-refractivity contribution in [2.75, 3.05) is 0 Å². The zero-order chi connectivity index (χ0) is 15.7. The Morgan fingerprint density at radius 3 is 2.73 bits per heavy atom. The largest absolute Gasteiger partial charge is 0.295 e. The molecule has 4 aliphatic rings. The standard InChI is InChI=1S/C21H30O/c1-13-9-18-19-14(2)10-15-11-16(22)5-8-21(15,4)17(19)6-7-20(18,3)12-13/h11,14,17-19H,1,5-10,12H2,2-4H3/t14-,17?,18?,19?,20+,21-/m0/s1. The van der Waals surface area contributed by atoms with Gasteiger partial charge in [0, 0.05) is 6.42 Å². The van der Waals surface area contributed by atoms with E-state index in [9.17, 15) is 4.79 Å². The lowest BCUT2D eigenvalue weighted by molar-refractivity contribution is -0.118. The van der Waals surface area contributed by atoms with Gasteiger partial charge in [0.25, 0.3) is 0 Å². The third-order valence-electron chi connectivity index (χ3n) is 7.99. The lowest BCUT2D eigenvalue weighted by Crippen LogP contribution is -2.52. The summed E-state index contributed by atoms with van der Waals surface area (Å²) >= 11 is 0. The van der Waals surface area contributed by atoms with Crippen LogP contribution in [-0.4, -0.2) is 5.78 Å². The second-order valence-electron chi connectivity index (χ2n) is 9.35. The van der Waals surface area contributed by atoms with Crippen molar-refractivity contribution >= 4 is 5.78 Å². The molecule has 0 N–H and O–H groups in total. The molecule has 0 spiro atoms. The SMILES string of the molecule is C=C1CC2C3C(CC[C@]2(C)C1)[C@@]1(C)CCC(=O)C=C1C[C@@H]3C. The zero-order valence-electron chi connectivity index (χ0n) is 14.5. The first-order chi connectivity index (χ1) is 10.3. The van der Waals surface area contributed by atoms with Crippen LogP contribution >= 0.6 is 0 Å². The van der Waals surface area contributed by atoms with Crippen LogP contribution < -0.4 is 0 Å². The van der Waals surface area contributed by atoms with E-state index in [4.69, 9.17) is 0 Å². The molecule has 0 heterocycles. The molecular weight excluding hydrogens is 268 g/mol. The van der Waals surface area contributed by atoms with Crippen molar-refractivity contribution in [3.8, 4) is 0 Å². The summed E-state index contributed by atoms with van der Waals surface area (Å²) < 4.78 is 0. The van der Waals surface area contributed by atoms with Crippen molar-refractivity contribution < 1.29 is 4.79 Å². The minimum Gasteiger partial charge on any atom is -0.295 e. The second-order valence-corrected chi connectivity index (χ2v) is 9.35. The number of hydrogen-bond donors (Lipinski definition) is 0. The van der Waals surface area contributed by atoms with E-state index in [-0.39, 0.29) is 0 Å². The molecule has 0 amide bonds. The van der Waals surface area contributed by atoms with Gasteiger partial charge in [-0.25, -0.2) is 0 Å². The van der Waals surface area contributed by atoms with Crippen molar-refractivity contribution in [2.45, 2.75) is 65.7 Å². The lowest BCUT2D eigenvalue weighted by atomic mass is 9.45. The highest BCUT2D eigenvalue weighted by molar-refractivity contribution is 5.91. The molecule has 22 heavy (non-hydrogen) atoms. The van der Waals surface area contributed by atoms with Crippen molar-refractivity contribution in [3.63, 3.8) is 0 Å². The van der Waals surface area contributed by atoms with Gasteiger partial charge >= 0.3 is 0 Å². The maximum atomic E-state index is 11.9. The van der Waals surface area contributed by atoms with E-state index >= 15 is 0 Å². The maximum Gasteiger partial charge on any atom is 0.155 e. The maximum absolute atomic E-state index is 11.9. The van der Waals surface area contributed by atoms with Crippen LogP contribution in [-0.2, 0) is 4.79 Å². The monoisotopic (exact) mass is 298 g/mol. The third kappa shape index (κ3) is 1.87. The third-order valence-corrected chi connectivity index (χ3v) is 7.99. The van der Waals surface area contributed by atoms with Crippen molar-refractivity contribution in [2.24, 2.45) is 34.5 Å². The summed E-state index contributed by atoms with van der Waals surface area (Å²) in [7, 11) is 0. The number of fused-ring (bicyclic) bond motifs is 5. The topological polar surface area (TPSA) is 17.1 Å². The summed E-state index contributed by atoms with van der Waals surface area (Å²) in [5.41, 5.74) is 3.79. The van der Waals surface area contributed by atoms with Crippen LogP contribution in [0.4, 0.5) is 0 Å². The molecule has 0 aliphatic heterocycles. The van der Waals surface area contributed by atoms with E-state index < -0.39 is 0 Å². The summed E-state index contributed by atoms with van der Waals surface area (Å²) in [6.45, 7) is 11.8. The molecule has 0 bridgehead atoms. The first-order valence-corrected chi connectivity index (χ1v) is 9.24. The fourth-order valence-electron chi connectivity index (χ4n) is 6.87. The van der Waals surface area contributed by atoms with E-state index in [2.05, 4.69) is 27.4 Å². The summed E-state index contributed by atoms with van der Waals surface area (Å²) in [5.74, 6) is 3.57. The number of rotatable bonds is 0. The quantitative estimate of drug-likeness (QED) is 0.553. The predicted molar refractivity (Wildman–Crippen MR) is 90.4 cm³/mol. The average Bonchev–Trinajstić information content (AvgIpc) is 2.75. The van der Waals surface area contributed by atoms with Crippen LogP contribution in [0.3, 0.4) is 0 Å². The molecule has 3 fully saturated rings. The number of carbonyl (C=O) groups is 1. The van der Waals surface area contributed by atoms with Crippen LogP contribution in [0.2, 0.25) is 0 Å². The Hall–Kier alpha value is -0.850. The molecule has 0 saturated heterocycles. The molecule has 120 valence electrons. The molecule has 0 aromatic heterocycles. The molecule has 0 aromatic carbocycles. The van der Waals surface area contributed by atoms with Crippen LogP contribution in [0.5, 0.6) is 0 Å². The molecule has 1 heteroatoms. The Balaban J connectivity index is 1.75. The fraction of sp³-hybridized carbons (Fsp3) is 0.762. The molecule has 4 aliphatic carbocycles. The van der Waals surface area contributed by atoms with Gasteiger partial charge in [0.1, 0.15) is 0 Å². The second kappa shape index (κ2) is 4.58. The molecule has 0 radical (unpaired) electrons. The van der Waals surface area contributed by atoms with E-state index in [0.717, 1.165) is 42.9 Å². The van der Waals surface area contributed by atoms with Gasteiger partial charge in [-0.2, -0.15) is 0 Å². The van der Waals surface area contributed by atoms with Gasteiger partial charge in [0.2, 0.25) is 0 Å². The normalized spacial score (nSPS) is 51.0. The van der Waals surface area contributed by atoms with Crippen LogP contribution in [0, 0.1) is 34.5 Å². The van der Waals surface area contributed by atoms with Gasteiger partial charge in [-0.3, -0.25) is 4.79 Å². The van der Waals surface area contributed by atoms with Gasteiger partial charge in [0.05, 0.1) is 0 Å². The first-order valence-electron chi connectivity index (χ1n) is 9.24. The van der Waals surface area contributed by atoms with E-state index in [0.29, 0.717) is 16.6 Å². The average molecular weight is 298 g/mol. The predicted octanol–water partition coefficient (Wildman–Crippen LogP) is 5.32. The van der Waals surface area contributed by atoms with Gasteiger partial charge in [-0.1, -0.05) is 38.5 Å². The minimum atomic E-state index is 0.302. The molecular formula is C21H30O. The van der Waals surface area contributed by atoms with Gasteiger partial charge < -0.3 is 0 Å². The van der Waals surface area contributed by atoms with Crippen molar-refractivity contribution in [3.05, 3.63) is 23.8 Å². The van der Waals surface area contributed by atoms with Gasteiger partial charge in [-0.05, 0) is 79.1 Å². The molecule has 6 atom stereocenters. The summed E-state index contributed by atoms with van der Waals surface area (Å²) in [6, 6.07) is 0. The van der Waals surface area contributed by atoms with Crippen LogP contribution in [0.1, 0.15) is 65.7 Å². The van der Waals surface area contributed by atoms with Crippen molar-refractivity contribution in [1.29, 1.82) is 0 Å². The zero-order valence-corrected chi connectivity index (χ0v) is 14.5. The molecule has 3 unspecified atom stereocenters. The Morgan fingerprint density at radius 2 is 1.95 bits per heavy atom. The smallest absolute Gasteiger partial charge is 0.155 e. The Bertz CT molecular complexity index is 570. The van der Waals surface area contributed by atoms with Crippen molar-refractivity contribution in [1.82, 2.24) is 0 Å². The van der Waals surface area contributed by atoms with Gasteiger partial charge in [0.15, 0.2) is 5.78 Å². The minimum absolute atomic E-state index is 0.302. The Kier molecular flexibility index (Phi) is 3.07. The number of allylic oxidation sites excluding steroid dienone is 2. The number of ketones is 1. The fourth-order valence-corrected chi connectivity index (χ4v) is 6.87. The molecule has 3 saturated carbocycles. The molecule has 0 aromatic rings. The van der Waals surface area contributed by atoms with Crippen LogP contribution in [0.25, 0.3) is 0 Å². The highest BCUT2D eigenvalue weighted by Gasteiger charge is 2.58. The Morgan fingerprint density at radius 1 is 1.18 bits per heavy atom. The first kappa shape index (κ1) is 14.7. The number of hydrogen-bond acceptors (Lipinski definition) is 1. The van der Waals surface area contributed by atoms with E-state index in [1.165, 1.54) is 36.8 Å². The summed E-state index contributed by atoms with van der Waals surface area (Å²) in [4.78, 5) is 11.9. The Labute approximate surface area is 135 Å². The molecule has 1 nitrogen and oxygen atoms in total. The number of carbonyl (C=O) groups excluding carboxylic acids is 1. The van der Waals surface area contributed by atoms with Gasteiger partial charge in [-0.15, -0.1) is 0 Å². The highest BCUT2D eigenvalue weighted by Crippen LogP contribution is 2.67. The summed E-state index contributed by atoms with van der Waals surface area (Å²) in [5, 5.41) is 0. The highest BCUT2D eigenvalue weighted by atomic mass is 16.1. The molecule has 4 rings (SSSR count). The lowest BCUT2D eigenvalue weighted by Gasteiger charge is -2.59. The van der Waals surface area contributed by atoms with E-state index in [1.807, 2.05) is 6.08 Å².